The molecule has 0 fully saturated rings. The van der Waals surface area contributed by atoms with Crippen molar-refractivity contribution in [3.05, 3.63) is 65.7 Å². The van der Waals surface area contributed by atoms with E-state index in [0.29, 0.717) is 6.54 Å². The normalized spacial score (nSPS) is 14.3. The third-order valence-corrected chi connectivity index (χ3v) is 3.46. The molecular weight excluding hydrogens is 250 g/mol. The first kappa shape index (κ1) is 12.5. The first-order chi connectivity index (χ1) is 9.79. The van der Waals surface area contributed by atoms with Gasteiger partial charge in [0, 0.05) is 6.54 Å². The zero-order chi connectivity index (χ0) is 13.9. The molecule has 0 radical (unpaired) electrons. The Hall–Kier alpha value is -2.55. The van der Waals surface area contributed by atoms with Crippen molar-refractivity contribution in [1.82, 2.24) is 5.32 Å². The summed E-state index contributed by atoms with van der Waals surface area (Å²) in [5.74, 6) is 0.801. The van der Waals surface area contributed by atoms with Crippen LogP contribution in [-0.4, -0.2) is 19.6 Å². The zero-order valence-electron chi connectivity index (χ0n) is 11.2. The van der Waals surface area contributed by atoms with Crippen LogP contribution in [0.4, 0.5) is 0 Å². The second kappa shape index (κ2) is 5.21. The van der Waals surface area contributed by atoms with E-state index >= 15 is 0 Å². The number of hydrogen-bond acceptors (Lipinski definition) is 2. The Bertz CT molecular complexity index is 657. The fourth-order valence-electron chi connectivity index (χ4n) is 2.43. The number of rotatable bonds is 3. The summed E-state index contributed by atoms with van der Waals surface area (Å²) in [5.41, 5.74) is 3.79. The van der Waals surface area contributed by atoms with Crippen LogP contribution in [0.5, 0.6) is 5.75 Å². The van der Waals surface area contributed by atoms with E-state index in [1.165, 1.54) is 0 Å². The lowest BCUT2D eigenvalue weighted by molar-refractivity contribution is -0.114. The molecule has 0 aliphatic carbocycles. The van der Waals surface area contributed by atoms with Gasteiger partial charge in [-0.05, 0) is 28.8 Å². The number of benzene rings is 2. The Morgan fingerprint density at radius 2 is 1.65 bits per heavy atom. The van der Waals surface area contributed by atoms with Crippen molar-refractivity contribution in [3.63, 3.8) is 0 Å². The lowest BCUT2D eigenvalue weighted by atomic mass is 9.97. The molecule has 0 atom stereocenters. The largest absolute Gasteiger partial charge is 0.497 e. The highest BCUT2D eigenvalue weighted by Gasteiger charge is 2.24. The molecule has 0 bridgehead atoms. The third kappa shape index (κ3) is 2.18. The van der Waals surface area contributed by atoms with Gasteiger partial charge in [0.1, 0.15) is 5.75 Å². The van der Waals surface area contributed by atoms with Gasteiger partial charge in [0.2, 0.25) is 0 Å². The molecule has 20 heavy (non-hydrogen) atoms. The maximum Gasteiger partial charge on any atom is 0.252 e. The highest BCUT2D eigenvalue weighted by atomic mass is 16.5. The number of amides is 1. The second-order valence-electron chi connectivity index (χ2n) is 4.63. The van der Waals surface area contributed by atoms with Gasteiger partial charge in [-0.1, -0.05) is 42.5 Å². The van der Waals surface area contributed by atoms with E-state index in [1.807, 2.05) is 54.6 Å². The lowest BCUT2D eigenvalue weighted by Crippen LogP contribution is -2.16. The Labute approximate surface area is 117 Å². The van der Waals surface area contributed by atoms with Crippen LogP contribution in [0.2, 0.25) is 0 Å². The maximum absolute atomic E-state index is 12.1. The zero-order valence-corrected chi connectivity index (χ0v) is 11.2. The van der Waals surface area contributed by atoms with Crippen LogP contribution in [0, 0.1) is 0 Å². The molecule has 2 aromatic rings. The van der Waals surface area contributed by atoms with Crippen molar-refractivity contribution in [2.75, 3.05) is 13.7 Å². The molecule has 1 aliphatic rings. The van der Waals surface area contributed by atoms with Gasteiger partial charge in [0.05, 0.1) is 12.7 Å². The molecule has 3 heteroatoms. The topological polar surface area (TPSA) is 38.3 Å². The highest BCUT2D eigenvalue weighted by molar-refractivity contribution is 6.30. The predicted molar refractivity (Wildman–Crippen MR) is 79.3 cm³/mol. The molecule has 3 nitrogen and oxygen atoms in total. The summed E-state index contributed by atoms with van der Waals surface area (Å²) in [6, 6.07) is 17.5. The summed E-state index contributed by atoms with van der Waals surface area (Å²) in [6.45, 7) is 0.565. The number of hydrogen-bond donors (Lipinski definition) is 1. The third-order valence-electron chi connectivity index (χ3n) is 3.46. The van der Waals surface area contributed by atoms with Gasteiger partial charge < -0.3 is 10.1 Å². The molecule has 1 heterocycles. The second-order valence-corrected chi connectivity index (χ2v) is 4.63. The molecule has 0 aromatic heterocycles. The quantitative estimate of drug-likeness (QED) is 0.926. The van der Waals surface area contributed by atoms with Gasteiger partial charge in [0.15, 0.2) is 0 Å². The van der Waals surface area contributed by atoms with Gasteiger partial charge in [-0.15, -0.1) is 0 Å². The predicted octanol–water partition coefficient (Wildman–Crippen LogP) is 2.74. The summed E-state index contributed by atoms with van der Waals surface area (Å²) < 4.78 is 5.17. The Morgan fingerprint density at radius 1 is 0.950 bits per heavy atom. The molecule has 1 N–H and O–H groups in total. The molecule has 2 aromatic carbocycles. The van der Waals surface area contributed by atoms with Crippen LogP contribution >= 0.6 is 0 Å². The van der Waals surface area contributed by atoms with Crippen LogP contribution in [0.25, 0.3) is 11.1 Å². The molecule has 1 amide bonds. The molecule has 0 spiro atoms. The van der Waals surface area contributed by atoms with Crippen molar-refractivity contribution in [2.45, 2.75) is 0 Å². The fourth-order valence-corrected chi connectivity index (χ4v) is 2.43. The number of nitrogens with one attached hydrogen (secondary N) is 1. The minimum atomic E-state index is -0.0120. The van der Waals surface area contributed by atoms with E-state index in [4.69, 9.17) is 4.74 Å². The lowest BCUT2D eigenvalue weighted by Gasteiger charge is -2.07. The summed E-state index contributed by atoms with van der Waals surface area (Å²) >= 11 is 0. The average molecular weight is 265 g/mol. The summed E-state index contributed by atoms with van der Waals surface area (Å²) in [5, 5.41) is 2.90. The van der Waals surface area contributed by atoms with E-state index < -0.39 is 0 Å². The van der Waals surface area contributed by atoms with Gasteiger partial charge in [-0.2, -0.15) is 0 Å². The highest BCUT2D eigenvalue weighted by Crippen LogP contribution is 2.30. The standard InChI is InChI=1S/C17H15NO2/c1-20-14-9-7-12(8-10-14)15-11-18-17(19)16(15)13-5-3-2-4-6-13/h2-10H,11H2,1H3,(H,18,19). The molecule has 3 rings (SSSR count). The molecule has 1 aliphatic heterocycles. The molecule has 0 saturated heterocycles. The van der Waals surface area contributed by atoms with Crippen LogP contribution in [0.15, 0.2) is 54.6 Å². The van der Waals surface area contributed by atoms with E-state index in [-0.39, 0.29) is 5.91 Å². The van der Waals surface area contributed by atoms with Crippen LogP contribution in [0.1, 0.15) is 11.1 Å². The van der Waals surface area contributed by atoms with Gasteiger partial charge in [-0.25, -0.2) is 0 Å². The SMILES string of the molecule is COc1ccc(C2=C(c3ccccc3)C(=O)NC2)cc1. The minimum Gasteiger partial charge on any atom is -0.497 e. The summed E-state index contributed by atoms with van der Waals surface area (Å²) in [7, 11) is 1.64. The minimum absolute atomic E-state index is 0.0120. The fraction of sp³-hybridized carbons (Fsp3) is 0.118. The van der Waals surface area contributed by atoms with Crippen LogP contribution in [0.3, 0.4) is 0 Å². The maximum atomic E-state index is 12.1. The molecular formula is C17H15NO2. The van der Waals surface area contributed by atoms with E-state index in [0.717, 1.165) is 28.0 Å². The van der Waals surface area contributed by atoms with Crippen molar-refractivity contribution < 1.29 is 9.53 Å². The Kier molecular flexibility index (Phi) is 3.25. The average Bonchev–Trinajstić information content (AvgIpc) is 2.90. The van der Waals surface area contributed by atoms with Crippen molar-refractivity contribution >= 4 is 17.1 Å². The number of methoxy groups -OCH3 is 1. The van der Waals surface area contributed by atoms with Gasteiger partial charge in [-0.3, -0.25) is 4.79 Å². The van der Waals surface area contributed by atoms with Gasteiger partial charge >= 0.3 is 0 Å². The van der Waals surface area contributed by atoms with Crippen molar-refractivity contribution in [3.8, 4) is 5.75 Å². The number of carbonyl (C=O) groups is 1. The molecule has 0 saturated carbocycles. The molecule has 100 valence electrons. The van der Waals surface area contributed by atoms with Crippen molar-refractivity contribution in [2.24, 2.45) is 0 Å². The van der Waals surface area contributed by atoms with Crippen LogP contribution < -0.4 is 10.1 Å². The Morgan fingerprint density at radius 3 is 2.30 bits per heavy atom. The van der Waals surface area contributed by atoms with E-state index in [2.05, 4.69) is 5.32 Å². The first-order valence-electron chi connectivity index (χ1n) is 6.51. The van der Waals surface area contributed by atoms with Crippen molar-refractivity contribution in [1.29, 1.82) is 0 Å². The van der Waals surface area contributed by atoms with E-state index in [9.17, 15) is 4.79 Å². The first-order valence-corrected chi connectivity index (χ1v) is 6.51. The van der Waals surface area contributed by atoms with Crippen LogP contribution in [-0.2, 0) is 4.79 Å². The summed E-state index contributed by atoms with van der Waals surface area (Å²) in [6.07, 6.45) is 0. The number of ether oxygens (including phenoxy) is 1. The monoisotopic (exact) mass is 265 g/mol. The number of carbonyl (C=O) groups excluding carboxylic acids is 1. The Balaban J connectivity index is 2.08. The molecule has 0 unspecified atom stereocenters. The van der Waals surface area contributed by atoms with Gasteiger partial charge in [0.25, 0.3) is 5.91 Å². The summed E-state index contributed by atoms with van der Waals surface area (Å²) in [4.78, 5) is 12.1. The smallest absolute Gasteiger partial charge is 0.252 e. The van der Waals surface area contributed by atoms with E-state index in [1.54, 1.807) is 7.11 Å².